The number of carbonyl (C=O) groups excluding carboxylic acids is 2. The lowest BCUT2D eigenvalue weighted by Gasteiger charge is -2.40. The largest absolute Gasteiger partial charge is 0.627 e. The van der Waals surface area contributed by atoms with E-state index < -0.39 is 16.4 Å². The SMILES string of the molecule is CSc1ncc2c(n1)N(C1CCCC1)C(=O)C1(CC(=O)[NH+]([O-])C1)C2. The number of nitrogens with zero attached hydrogens (tertiary/aromatic N) is 3. The van der Waals surface area contributed by atoms with E-state index in [2.05, 4.69) is 9.97 Å². The number of nitrogens with one attached hydrogen (secondary N) is 1. The number of aromatic nitrogens is 2. The average Bonchev–Trinajstić information content (AvgIpc) is 3.18. The number of hydrogen-bond acceptors (Lipinski definition) is 6. The minimum absolute atomic E-state index is 0.0254. The van der Waals surface area contributed by atoms with E-state index in [1.165, 1.54) is 11.8 Å². The lowest BCUT2D eigenvalue weighted by Crippen LogP contribution is -3.08. The van der Waals surface area contributed by atoms with Crippen molar-refractivity contribution < 1.29 is 14.7 Å². The van der Waals surface area contributed by atoms with Gasteiger partial charge in [0.1, 0.15) is 11.2 Å². The van der Waals surface area contributed by atoms with Gasteiger partial charge >= 0.3 is 5.91 Å². The van der Waals surface area contributed by atoms with Gasteiger partial charge in [-0.25, -0.2) is 14.8 Å². The highest BCUT2D eigenvalue weighted by Crippen LogP contribution is 2.43. The van der Waals surface area contributed by atoms with E-state index in [1.54, 1.807) is 11.1 Å². The molecule has 3 aliphatic rings. The van der Waals surface area contributed by atoms with Crippen LogP contribution in [0.25, 0.3) is 0 Å². The summed E-state index contributed by atoms with van der Waals surface area (Å²) >= 11 is 1.44. The maximum Gasteiger partial charge on any atom is 0.313 e. The summed E-state index contributed by atoms with van der Waals surface area (Å²) in [5.41, 5.74) is -0.0321. The fourth-order valence-electron chi connectivity index (χ4n) is 4.26. The van der Waals surface area contributed by atoms with Crippen molar-refractivity contribution in [1.82, 2.24) is 9.97 Å². The molecule has 3 heterocycles. The van der Waals surface area contributed by atoms with Gasteiger partial charge in [-0.3, -0.25) is 9.69 Å². The molecule has 1 saturated heterocycles. The van der Waals surface area contributed by atoms with E-state index in [9.17, 15) is 14.8 Å². The Bertz CT molecular complexity index is 707. The predicted octanol–water partition coefficient (Wildman–Crippen LogP) is 0.330. The summed E-state index contributed by atoms with van der Waals surface area (Å²) in [4.78, 5) is 35.9. The molecular formula is C16H20N4O3S. The molecule has 1 aromatic rings. The van der Waals surface area contributed by atoms with Crippen LogP contribution in [0.3, 0.4) is 0 Å². The molecule has 2 unspecified atom stereocenters. The van der Waals surface area contributed by atoms with Crippen LogP contribution in [0.5, 0.6) is 0 Å². The molecule has 0 bridgehead atoms. The maximum atomic E-state index is 13.3. The molecule has 4 rings (SSSR count). The summed E-state index contributed by atoms with van der Waals surface area (Å²) in [5, 5.41) is 12.1. The van der Waals surface area contributed by atoms with Gasteiger partial charge in [0.05, 0.1) is 13.0 Å². The van der Waals surface area contributed by atoms with Crippen molar-refractivity contribution in [2.24, 2.45) is 5.41 Å². The molecular weight excluding hydrogens is 328 g/mol. The highest BCUT2D eigenvalue weighted by molar-refractivity contribution is 7.98. The number of amides is 2. The van der Waals surface area contributed by atoms with Crippen LogP contribution < -0.4 is 9.96 Å². The number of anilines is 1. The van der Waals surface area contributed by atoms with Gasteiger partial charge in [-0.05, 0) is 25.5 Å². The minimum atomic E-state index is -0.909. The Kier molecular flexibility index (Phi) is 3.85. The van der Waals surface area contributed by atoms with Crippen LogP contribution in [0.2, 0.25) is 0 Å². The summed E-state index contributed by atoms with van der Waals surface area (Å²) in [6, 6.07) is 0.115. The first-order valence-corrected chi connectivity index (χ1v) is 9.56. The van der Waals surface area contributed by atoms with Crippen molar-refractivity contribution in [2.45, 2.75) is 49.7 Å². The van der Waals surface area contributed by atoms with Crippen LogP contribution in [0, 0.1) is 10.6 Å². The molecule has 1 saturated carbocycles. The summed E-state index contributed by atoms with van der Waals surface area (Å²) in [7, 11) is 0. The summed E-state index contributed by atoms with van der Waals surface area (Å²) in [6.07, 6.45) is 8.15. The van der Waals surface area contributed by atoms with Gasteiger partial charge < -0.3 is 10.3 Å². The second-order valence-corrected chi connectivity index (χ2v) is 7.75. The van der Waals surface area contributed by atoms with Gasteiger partial charge in [0, 0.05) is 17.8 Å². The monoisotopic (exact) mass is 348 g/mol. The van der Waals surface area contributed by atoms with E-state index in [-0.39, 0.29) is 24.9 Å². The first kappa shape index (κ1) is 16.0. The number of rotatable bonds is 2. The number of hydroxylamine groups is 2. The van der Waals surface area contributed by atoms with E-state index in [0.717, 1.165) is 31.2 Å². The van der Waals surface area contributed by atoms with E-state index in [1.807, 2.05) is 6.26 Å². The zero-order chi connectivity index (χ0) is 16.9. The number of fused-ring (bicyclic) bond motifs is 1. The Morgan fingerprint density at radius 2 is 2.08 bits per heavy atom. The second-order valence-electron chi connectivity index (χ2n) is 6.98. The smallest absolute Gasteiger partial charge is 0.313 e. The molecule has 0 radical (unpaired) electrons. The molecule has 7 nitrogen and oxygen atoms in total. The fraction of sp³-hybridized carbons (Fsp3) is 0.625. The summed E-state index contributed by atoms with van der Waals surface area (Å²) < 4.78 is 0. The van der Waals surface area contributed by atoms with E-state index >= 15 is 0 Å². The normalized spacial score (nSPS) is 30.4. The van der Waals surface area contributed by atoms with Crippen LogP contribution in [0.1, 0.15) is 37.7 Å². The highest BCUT2D eigenvalue weighted by atomic mass is 32.2. The number of carbonyl (C=O) groups is 2. The Hall–Kier alpha value is -1.51. The van der Waals surface area contributed by atoms with Crippen LogP contribution >= 0.6 is 11.8 Å². The third-order valence-corrected chi connectivity index (χ3v) is 5.99. The third kappa shape index (κ3) is 2.35. The van der Waals surface area contributed by atoms with Gasteiger partial charge in [-0.2, -0.15) is 0 Å². The standard InChI is InChI=1S/C16H20N4O3S/c1-24-15-17-8-10-6-16(7-12(21)19(23)9-16)14(22)20(13(10)18-15)11-4-2-3-5-11/h8,11,19H,2-7,9H2,1H3. The van der Waals surface area contributed by atoms with Crippen molar-refractivity contribution >= 4 is 29.4 Å². The first-order valence-electron chi connectivity index (χ1n) is 8.34. The van der Waals surface area contributed by atoms with Gasteiger partial charge in [0.15, 0.2) is 5.16 Å². The molecule has 1 spiro atoms. The summed E-state index contributed by atoms with van der Waals surface area (Å²) in [6.45, 7) is 0.0254. The van der Waals surface area contributed by atoms with E-state index in [4.69, 9.17) is 0 Å². The minimum Gasteiger partial charge on any atom is -0.627 e. The molecule has 2 amide bonds. The van der Waals surface area contributed by atoms with Crippen LogP contribution in [-0.2, 0) is 16.0 Å². The molecule has 8 heteroatoms. The van der Waals surface area contributed by atoms with Crippen molar-refractivity contribution in [3.8, 4) is 0 Å². The molecule has 1 aliphatic carbocycles. The molecule has 2 atom stereocenters. The third-order valence-electron chi connectivity index (χ3n) is 5.43. The Morgan fingerprint density at radius 3 is 2.71 bits per heavy atom. The molecule has 1 N–H and O–H groups in total. The zero-order valence-electron chi connectivity index (χ0n) is 13.6. The molecule has 0 aromatic carbocycles. The van der Waals surface area contributed by atoms with E-state index in [0.29, 0.717) is 17.4 Å². The first-order chi connectivity index (χ1) is 11.5. The van der Waals surface area contributed by atoms with Crippen molar-refractivity contribution in [2.75, 3.05) is 17.7 Å². The Morgan fingerprint density at radius 1 is 1.33 bits per heavy atom. The number of quaternary nitrogens is 1. The topological polar surface area (TPSA) is 90.7 Å². The molecule has 128 valence electrons. The van der Waals surface area contributed by atoms with Crippen molar-refractivity contribution in [3.63, 3.8) is 0 Å². The van der Waals surface area contributed by atoms with Crippen molar-refractivity contribution in [1.29, 1.82) is 0 Å². The van der Waals surface area contributed by atoms with Crippen LogP contribution in [-0.4, -0.2) is 40.6 Å². The molecule has 2 aliphatic heterocycles. The Labute approximate surface area is 144 Å². The number of hydrogen-bond donors (Lipinski definition) is 1. The second kappa shape index (κ2) is 5.79. The maximum absolute atomic E-state index is 13.3. The fourth-order valence-corrected chi connectivity index (χ4v) is 4.59. The lowest BCUT2D eigenvalue weighted by atomic mass is 9.76. The van der Waals surface area contributed by atoms with Gasteiger partial charge in [-0.1, -0.05) is 24.6 Å². The summed E-state index contributed by atoms with van der Waals surface area (Å²) in [5.74, 6) is 0.176. The Balaban J connectivity index is 1.81. The average molecular weight is 348 g/mol. The zero-order valence-corrected chi connectivity index (χ0v) is 14.4. The van der Waals surface area contributed by atoms with Gasteiger partial charge in [0.2, 0.25) is 5.91 Å². The lowest BCUT2D eigenvalue weighted by molar-refractivity contribution is -0.759. The number of thioether (sulfide) groups is 1. The van der Waals surface area contributed by atoms with Crippen LogP contribution in [0.4, 0.5) is 5.82 Å². The highest BCUT2D eigenvalue weighted by Gasteiger charge is 2.56. The molecule has 1 aromatic heterocycles. The molecule has 24 heavy (non-hydrogen) atoms. The predicted molar refractivity (Wildman–Crippen MR) is 88.5 cm³/mol. The van der Waals surface area contributed by atoms with Crippen molar-refractivity contribution in [3.05, 3.63) is 17.0 Å². The van der Waals surface area contributed by atoms with Crippen LogP contribution in [0.15, 0.2) is 11.4 Å². The molecule has 2 fully saturated rings. The quantitative estimate of drug-likeness (QED) is 0.471. The van der Waals surface area contributed by atoms with Gasteiger partial charge in [0.25, 0.3) is 0 Å². The van der Waals surface area contributed by atoms with Gasteiger partial charge in [-0.15, -0.1) is 0 Å².